The van der Waals surface area contributed by atoms with Gasteiger partial charge in [0.1, 0.15) is 23.8 Å². The molecule has 0 aliphatic heterocycles. The molecule has 1 heterocycles. The number of allylic oxidation sites excluding steroid dienone is 1. The van der Waals surface area contributed by atoms with Crippen LogP contribution in [0.3, 0.4) is 0 Å². The molecule has 13 heteroatoms. The third-order valence-corrected chi connectivity index (χ3v) is 10.6. The van der Waals surface area contributed by atoms with Crippen molar-refractivity contribution in [2.45, 2.75) is 133 Å². The molecule has 4 rings (SSSR count). The Morgan fingerprint density at radius 1 is 0.961 bits per heavy atom. The molecule has 0 radical (unpaired) electrons. The Balaban J connectivity index is 1.57. The number of carbonyl (C=O) groups is 3. The van der Waals surface area contributed by atoms with Gasteiger partial charge in [0, 0.05) is 37.6 Å². The van der Waals surface area contributed by atoms with Gasteiger partial charge in [0.05, 0.1) is 30.7 Å². The first kappa shape index (κ1) is 40.2. The van der Waals surface area contributed by atoms with Crippen molar-refractivity contribution in [1.82, 2.24) is 25.9 Å². The van der Waals surface area contributed by atoms with Crippen LogP contribution in [0.25, 0.3) is 0 Å². The highest BCUT2D eigenvalue weighted by Gasteiger charge is 2.49. The second-order valence-corrected chi connectivity index (χ2v) is 14.9. The maximum Gasteiger partial charge on any atom is 0.252 e. The molecule has 282 valence electrons. The summed E-state index contributed by atoms with van der Waals surface area (Å²) in [7, 11) is 0. The first-order valence-corrected chi connectivity index (χ1v) is 18.3. The average molecular weight is 712 g/mol. The normalized spacial score (nSPS) is 25.6. The molecule has 0 bridgehead atoms. The van der Waals surface area contributed by atoms with Crippen molar-refractivity contribution < 1.29 is 39.9 Å². The number of benzene rings is 1. The van der Waals surface area contributed by atoms with Gasteiger partial charge in [0.2, 0.25) is 11.8 Å². The number of imidazole rings is 1. The van der Waals surface area contributed by atoms with E-state index >= 15 is 0 Å². The summed E-state index contributed by atoms with van der Waals surface area (Å²) in [6.45, 7) is 8.08. The maximum absolute atomic E-state index is 14.2. The van der Waals surface area contributed by atoms with E-state index in [4.69, 9.17) is 0 Å². The highest BCUT2D eigenvalue weighted by molar-refractivity contribution is 5.94. The Morgan fingerprint density at radius 3 is 2.18 bits per heavy atom. The van der Waals surface area contributed by atoms with Gasteiger partial charge >= 0.3 is 0 Å². The summed E-state index contributed by atoms with van der Waals surface area (Å²) < 4.78 is 0. The van der Waals surface area contributed by atoms with Gasteiger partial charge in [0.25, 0.3) is 5.91 Å². The molecule has 7 atom stereocenters. The highest BCUT2D eigenvalue weighted by atomic mass is 16.4. The number of H-pyrrole nitrogens is 1. The van der Waals surface area contributed by atoms with Gasteiger partial charge < -0.3 is 46.5 Å². The summed E-state index contributed by atoms with van der Waals surface area (Å²) in [5, 5.41) is 61.5. The summed E-state index contributed by atoms with van der Waals surface area (Å²) in [6.07, 6.45) is 4.71. The molecule has 2 fully saturated rings. The van der Waals surface area contributed by atoms with Crippen molar-refractivity contribution in [2.24, 2.45) is 17.8 Å². The number of aromatic nitrogens is 2. The van der Waals surface area contributed by atoms with E-state index in [1.165, 1.54) is 12.7 Å². The number of aromatic amines is 1. The van der Waals surface area contributed by atoms with Crippen molar-refractivity contribution in [3.63, 3.8) is 0 Å². The number of hydrogen-bond donors (Lipinski definition) is 9. The van der Waals surface area contributed by atoms with Crippen molar-refractivity contribution in [2.75, 3.05) is 0 Å². The molecule has 2 aromatic rings. The minimum absolute atomic E-state index is 0.00177. The topological polar surface area (TPSA) is 217 Å². The van der Waals surface area contributed by atoms with Gasteiger partial charge in [-0.1, -0.05) is 82.4 Å². The second kappa shape index (κ2) is 18.7. The Bertz CT molecular complexity index is 1390. The molecule has 2 unspecified atom stereocenters. The number of hydrogen-bond acceptors (Lipinski definition) is 9. The Kier molecular flexibility index (Phi) is 14.8. The van der Waals surface area contributed by atoms with E-state index < -0.39 is 78.7 Å². The SMILES string of the molecule is C=C[C@@H](C[C@H](O)[C@H](CC1CCCCC1)NC(=O)[C@H](Cc1cnc[nH]1)NC(=O)[C@H](Cc1ccccc1)NC(=O)C1(O)CC(O)C(O)C(O)C1)C(C)C. The van der Waals surface area contributed by atoms with E-state index in [2.05, 4.69) is 46.3 Å². The Hall–Kier alpha value is -3.62. The number of aliphatic hydroxyl groups excluding tert-OH is 4. The van der Waals surface area contributed by atoms with Crippen molar-refractivity contribution in [3.05, 3.63) is 66.8 Å². The Labute approximate surface area is 300 Å². The molecule has 2 aliphatic rings. The first-order chi connectivity index (χ1) is 24.3. The van der Waals surface area contributed by atoms with E-state index in [1.54, 1.807) is 36.5 Å². The Morgan fingerprint density at radius 2 is 1.59 bits per heavy atom. The van der Waals surface area contributed by atoms with E-state index in [0.717, 1.165) is 25.7 Å². The van der Waals surface area contributed by atoms with E-state index in [1.807, 2.05) is 6.08 Å². The summed E-state index contributed by atoms with van der Waals surface area (Å²) in [5.74, 6) is -1.59. The number of amides is 3. The average Bonchev–Trinajstić information content (AvgIpc) is 3.62. The molecule has 0 saturated heterocycles. The van der Waals surface area contributed by atoms with E-state index in [-0.39, 0.29) is 24.7 Å². The molecule has 0 spiro atoms. The zero-order chi connectivity index (χ0) is 37.1. The number of rotatable bonds is 17. The lowest BCUT2D eigenvalue weighted by Crippen LogP contribution is -2.62. The van der Waals surface area contributed by atoms with Crippen LogP contribution in [0.4, 0.5) is 0 Å². The van der Waals surface area contributed by atoms with Crippen LogP contribution in [0.2, 0.25) is 0 Å². The zero-order valence-electron chi connectivity index (χ0n) is 29.8. The van der Waals surface area contributed by atoms with Crippen molar-refractivity contribution >= 4 is 17.7 Å². The third-order valence-electron chi connectivity index (χ3n) is 10.6. The van der Waals surface area contributed by atoms with Crippen LogP contribution in [0.15, 0.2) is 55.5 Å². The van der Waals surface area contributed by atoms with Crippen LogP contribution in [-0.2, 0) is 27.2 Å². The molecule has 9 N–H and O–H groups in total. The minimum Gasteiger partial charge on any atom is -0.391 e. The summed E-state index contributed by atoms with van der Waals surface area (Å²) in [4.78, 5) is 48.8. The number of nitrogens with one attached hydrogen (secondary N) is 4. The quantitative estimate of drug-likeness (QED) is 0.108. The molecule has 3 amide bonds. The number of carbonyl (C=O) groups excluding carboxylic acids is 3. The standard InChI is InChI=1S/C38H57N5O8/c1-4-26(23(2)3)17-31(44)28(15-24-11-7-5-8-12-24)41-36(49)30(18-27-21-39-22-40-27)42-35(48)29(16-25-13-9-6-10-14-25)43-37(50)38(51)19-32(45)34(47)33(46)20-38/h4,6,9-10,13-14,21-24,26,28-34,44-47,51H,1,5,7-8,11-12,15-20H2,2-3H3,(H,39,40)(H,41,49)(H,42,48)(H,43,50)/t26-,28-,29-,30-,31-,32?,33?,34?,38?/m0/s1. The van der Waals surface area contributed by atoms with E-state index in [0.29, 0.717) is 30.0 Å². The fourth-order valence-corrected chi connectivity index (χ4v) is 7.37. The highest BCUT2D eigenvalue weighted by Crippen LogP contribution is 2.31. The predicted octanol–water partition coefficient (Wildman–Crippen LogP) is 1.44. The van der Waals surface area contributed by atoms with Crippen LogP contribution in [0.1, 0.15) is 82.9 Å². The van der Waals surface area contributed by atoms with Crippen molar-refractivity contribution in [3.8, 4) is 0 Å². The second-order valence-electron chi connectivity index (χ2n) is 14.9. The molecule has 1 aromatic carbocycles. The zero-order valence-corrected chi connectivity index (χ0v) is 29.8. The molecule has 2 saturated carbocycles. The summed E-state index contributed by atoms with van der Waals surface area (Å²) >= 11 is 0. The molecule has 51 heavy (non-hydrogen) atoms. The van der Waals surface area contributed by atoms with Crippen LogP contribution in [0.5, 0.6) is 0 Å². The van der Waals surface area contributed by atoms with E-state index in [9.17, 15) is 39.9 Å². The molecule has 13 nitrogen and oxygen atoms in total. The maximum atomic E-state index is 14.2. The van der Waals surface area contributed by atoms with Gasteiger partial charge in [-0.05, 0) is 36.2 Å². The van der Waals surface area contributed by atoms with Gasteiger partial charge in [-0.15, -0.1) is 6.58 Å². The summed E-state index contributed by atoms with van der Waals surface area (Å²) in [6, 6.07) is 5.91. The fourth-order valence-electron chi connectivity index (χ4n) is 7.37. The molecular formula is C38H57N5O8. The largest absolute Gasteiger partial charge is 0.391 e. The fraction of sp³-hybridized carbons (Fsp3) is 0.632. The lowest BCUT2D eigenvalue weighted by Gasteiger charge is -2.39. The number of aliphatic hydroxyl groups is 5. The first-order valence-electron chi connectivity index (χ1n) is 18.3. The van der Waals surface area contributed by atoms with Gasteiger partial charge in [-0.3, -0.25) is 14.4 Å². The third kappa shape index (κ3) is 11.4. The monoisotopic (exact) mass is 711 g/mol. The van der Waals surface area contributed by atoms with Crippen LogP contribution in [-0.4, -0.2) is 101 Å². The summed E-state index contributed by atoms with van der Waals surface area (Å²) in [5.41, 5.74) is -0.994. The van der Waals surface area contributed by atoms with Gasteiger partial charge in [0.15, 0.2) is 0 Å². The smallest absolute Gasteiger partial charge is 0.252 e. The number of nitrogens with zero attached hydrogens (tertiary/aromatic N) is 1. The van der Waals surface area contributed by atoms with Crippen LogP contribution >= 0.6 is 0 Å². The van der Waals surface area contributed by atoms with Crippen LogP contribution in [0, 0.1) is 17.8 Å². The lowest BCUT2D eigenvalue weighted by atomic mass is 9.79. The van der Waals surface area contributed by atoms with Crippen LogP contribution < -0.4 is 16.0 Å². The van der Waals surface area contributed by atoms with Gasteiger partial charge in [-0.25, -0.2) is 4.98 Å². The molecule has 2 aliphatic carbocycles. The predicted molar refractivity (Wildman–Crippen MR) is 191 cm³/mol. The molecule has 1 aromatic heterocycles. The van der Waals surface area contributed by atoms with Crippen molar-refractivity contribution in [1.29, 1.82) is 0 Å². The molecular weight excluding hydrogens is 654 g/mol. The minimum atomic E-state index is -2.26. The lowest BCUT2D eigenvalue weighted by molar-refractivity contribution is -0.173. The van der Waals surface area contributed by atoms with Gasteiger partial charge in [-0.2, -0.15) is 0 Å².